The standard InChI is InChI=1S/C8H9ClN2.ClH/c1-2-7(10)6-4-3-5-11-8(6)9;/h2-5,7H,1,10H2;1H/t7-;/m1./s1. The van der Waals surface area contributed by atoms with Crippen LogP contribution in [-0.2, 0) is 0 Å². The first-order valence-corrected chi connectivity index (χ1v) is 3.62. The Morgan fingerprint density at radius 1 is 1.67 bits per heavy atom. The molecule has 0 spiro atoms. The fraction of sp³-hybridized carbons (Fsp3) is 0.125. The van der Waals surface area contributed by atoms with Crippen molar-refractivity contribution in [2.24, 2.45) is 5.73 Å². The lowest BCUT2D eigenvalue weighted by Crippen LogP contribution is -2.07. The summed E-state index contributed by atoms with van der Waals surface area (Å²) in [5.74, 6) is 0. The number of rotatable bonds is 2. The van der Waals surface area contributed by atoms with E-state index in [-0.39, 0.29) is 18.4 Å². The number of nitrogens with zero attached hydrogens (tertiary/aromatic N) is 1. The van der Waals surface area contributed by atoms with Crippen molar-refractivity contribution in [3.63, 3.8) is 0 Å². The van der Waals surface area contributed by atoms with Crippen molar-refractivity contribution in [3.05, 3.63) is 41.7 Å². The molecule has 0 saturated carbocycles. The molecule has 0 aliphatic rings. The Morgan fingerprint density at radius 3 is 2.83 bits per heavy atom. The van der Waals surface area contributed by atoms with Crippen LogP contribution in [-0.4, -0.2) is 4.98 Å². The van der Waals surface area contributed by atoms with Crippen LogP contribution in [0.25, 0.3) is 0 Å². The van der Waals surface area contributed by atoms with Gasteiger partial charge in [0.15, 0.2) is 0 Å². The SMILES string of the molecule is C=C[C@@H](N)c1cccnc1Cl.Cl. The molecular weight excluding hydrogens is 195 g/mol. The third-order valence-electron chi connectivity index (χ3n) is 1.40. The minimum atomic E-state index is -0.226. The number of hydrogen-bond donors (Lipinski definition) is 1. The van der Waals surface area contributed by atoms with Gasteiger partial charge in [-0.1, -0.05) is 23.7 Å². The maximum Gasteiger partial charge on any atom is 0.134 e. The second kappa shape index (κ2) is 5.14. The normalized spacial score (nSPS) is 11.5. The fourth-order valence-corrected chi connectivity index (χ4v) is 1.02. The van der Waals surface area contributed by atoms with Crippen molar-refractivity contribution in [3.8, 4) is 0 Å². The number of pyridine rings is 1. The number of halogens is 2. The summed E-state index contributed by atoms with van der Waals surface area (Å²) in [6.45, 7) is 3.57. The van der Waals surface area contributed by atoms with Crippen LogP contribution in [0, 0.1) is 0 Å². The highest BCUT2D eigenvalue weighted by Gasteiger charge is 2.05. The minimum absolute atomic E-state index is 0. The molecule has 0 aromatic carbocycles. The van der Waals surface area contributed by atoms with Crippen molar-refractivity contribution in [2.45, 2.75) is 6.04 Å². The van der Waals surface area contributed by atoms with Gasteiger partial charge in [-0.3, -0.25) is 0 Å². The van der Waals surface area contributed by atoms with E-state index in [0.29, 0.717) is 5.15 Å². The number of aromatic nitrogens is 1. The van der Waals surface area contributed by atoms with Crippen molar-refractivity contribution >= 4 is 24.0 Å². The van der Waals surface area contributed by atoms with E-state index in [1.165, 1.54) is 0 Å². The highest BCUT2D eigenvalue weighted by Crippen LogP contribution is 2.18. The quantitative estimate of drug-likeness (QED) is 0.594. The lowest BCUT2D eigenvalue weighted by Gasteiger charge is -2.06. The number of nitrogens with two attached hydrogens (primary N) is 1. The van der Waals surface area contributed by atoms with Crippen LogP contribution in [0.3, 0.4) is 0 Å². The van der Waals surface area contributed by atoms with Crippen molar-refractivity contribution in [1.29, 1.82) is 0 Å². The maximum atomic E-state index is 5.76. The van der Waals surface area contributed by atoms with E-state index in [4.69, 9.17) is 17.3 Å². The van der Waals surface area contributed by atoms with Crippen molar-refractivity contribution < 1.29 is 0 Å². The van der Waals surface area contributed by atoms with Gasteiger partial charge in [-0.2, -0.15) is 0 Å². The summed E-state index contributed by atoms with van der Waals surface area (Å²) in [4.78, 5) is 3.89. The molecule has 0 amide bonds. The third kappa shape index (κ3) is 2.48. The van der Waals surface area contributed by atoms with E-state index in [1.54, 1.807) is 18.3 Å². The van der Waals surface area contributed by atoms with Crippen molar-refractivity contribution in [2.75, 3.05) is 0 Å². The van der Waals surface area contributed by atoms with E-state index >= 15 is 0 Å². The molecule has 0 aliphatic carbocycles. The lowest BCUT2D eigenvalue weighted by molar-refractivity contribution is 0.904. The average Bonchev–Trinajstić information content (AvgIpc) is 2.04. The zero-order chi connectivity index (χ0) is 8.27. The fourth-order valence-electron chi connectivity index (χ4n) is 0.774. The van der Waals surface area contributed by atoms with Crippen LogP contribution in [0.15, 0.2) is 31.0 Å². The van der Waals surface area contributed by atoms with Gasteiger partial charge < -0.3 is 5.73 Å². The molecule has 0 fully saturated rings. The molecule has 66 valence electrons. The molecule has 1 atom stereocenters. The van der Waals surface area contributed by atoms with E-state index in [1.807, 2.05) is 6.07 Å². The van der Waals surface area contributed by atoms with Crippen molar-refractivity contribution in [1.82, 2.24) is 4.98 Å². The second-order valence-corrected chi connectivity index (χ2v) is 2.50. The maximum absolute atomic E-state index is 5.76. The van der Waals surface area contributed by atoms with E-state index in [9.17, 15) is 0 Å². The van der Waals surface area contributed by atoms with E-state index < -0.39 is 0 Å². The molecule has 0 radical (unpaired) electrons. The molecule has 1 rings (SSSR count). The monoisotopic (exact) mass is 204 g/mol. The van der Waals surface area contributed by atoms with E-state index in [2.05, 4.69) is 11.6 Å². The Labute approximate surface area is 82.9 Å². The Kier molecular flexibility index (Phi) is 4.90. The zero-order valence-corrected chi connectivity index (χ0v) is 7.98. The van der Waals surface area contributed by atoms with Gasteiger partial charge in [0.2, 0.25) is 0 Å². The van der Waals surface area contributed by atoms with Crippen LogP contribution in [0.4, 0.5) is 0 Å². The van der Waals surface area contributed by atoms with E-state index in [0.717, 1.165) is 5.56 Å². The molecule has 0 unspecified atom stereocenters. The first kappa shape index (κ1) is 11.4. The molecule has 2 N–H and O–H groups in total. The van der Waals surface area contributed by atoms with Crippen LogP contribution in [0.5, 0.6) is 0 Å². The molecule has 0 bridgehead atoms. The van der Waals surface area contributed by atoms with Gasteiger partial charge >= 0.3 is 0 Å². The highest BCUT2D eigenvalue weighted by molar-refractivity contribution is 6.30. The molecule has 0 aliphatic heterocycles. The zero-order valence-electron chi connectivity index (χ0n) is 6.40. The second-order valence-electron chi connectivity index (χ2n) is 2.14. The first-order valence-electron chi connectivity index (χ1n) is 3.24. The summed E-state index contributed by atoms with van der Waals surface area (Å²) in [7, 11) is 0. The van der Waals surface area contributed by atoms with Gasteiger partial charge in [-0.05, 0) is 6.07 Å². The van der Waals surface area contributed by atoms with Gasteiger partial charge in [0.1, 0.15) is 5.15 Å². The summed E-state index contributed by atoms with van der Waals surface area (Å²) in [5.41, 5.74) is 6.46. The molecule has 1 heterocycles. The molecule has 2 nitrogen and oxygen atoms in total. The van der Waals surface area contributed by atoms with Gasteiger partial charge in [0, 0.05) is 11.8 Å². The third-order valence-corrected chi connectivity index (χ3v) is 1.72. The van der Waals surface area contributed by atoms with Crippen LogP contribution in [0.1, 0.15) is 11.6 Å². The Hall–Kier alpha value is -0.570. The molecule has 1 aromatic heterocycles. The largest absolute Gasteiger partial charge is 0.321 e. The molecule has 0 saturated heterocycles. The molecule has 4 heteroatoms. The lowest BCUT2D eigenvalue weighted by atomic mass is 10.1. The summed E-state index contributed by atoms with van der Waals surface area (Å²) in [6, 6.07) is 3.41. The summed E-state index contributed by atoms with van der Waals surface area (Å²) in [5, 5.41) is 0.444. The van der Waals surface area contributed by atoms with Gasteiger partial charge in [0.05, 0.1) is 6.04 Å². The summed E-state index contributed by atoms with van der Waals surface area (Å²) < 4.78 is 0. The molecule has 12 heavy (non-hydrogen) atoms. The highest BCUT2D eigenvalue weighted by atomic mass is 35.5. The van der Waals surface area contributed by atoms with Gasteiger partial charge in [-0.25, -0.2) is 4.98 Å². The Bertz CT molecular complexity index is 263. The van der Waals surface area contributed by atoms with Gasteiger partial charge in [0.25, 0.3) is 0 Å². The summed E-state index contributed by atoms with van der Waals surface area (Å²) >= 11 is 5.76. The topological polar surface area (TPSA) is 38.9 Å². The summed E-state index contributed by atoms with van der Waals surface area (Å²) in [6.07, 6.45) is 3.25. The predicted octanol–water partition coefficient (Wildman–Crippen LogP) is 2.34. The van der Waals surface area contributed by atoms with Crippen LogP contribution >= 0.6 is 24.0 Å². The average molecular weight is 205 g/mol. The predicted molar refractivity (Wildman–Crippen MR) is 53.6 cm³/mol. The van der Waals surface area contributed by atoms with Gasteiger partial charge in [-0.15, -0.1) is 19.0 Å². The first-order chi connectivity index (χ1) is 5.25. The van der Waals surface area contributed by atoms with Crippen LogP contribution < -0.4 is 5.73 Å². The molecular formula is C8H10Cl2N2. The van der Waals surface area contributed by atoms with Crippen LogP contribution in [0.2, 0.25) is 5.15 Å². The molecule has 1 aromatic rings. The Balaban J connectivity index is 0.00000121. The number of hydrogen-bond acceptors (Lipinski definition) is 2. The minimum Gasteiger partial charge on any atom is -0.321 e. The smallest absolute Gasteiger partial charge is 0.134 e. The Morgan fingerprint density at radius 2 is 2.33 bits per heavy atom.